The zero-order chi connectivity index (χ0) is 17.9. The van der Waals surface area contributed by atoms with Crippen LogP contribution in [0.15, 0.2) is 24.3 Å². The number of carbonyl (C=O) groups excluding carboxylic acids is 1. The fourth-order valence-electron chi connectivity index (χ4n) is 3.15. The highest BCUT2D eigenvalue weighted by Crippen LogP contribution is 2.18. The van der Waals surface area contributed by atoms with E-state index in [-0.39, 0.29) is 5.91 Å². The number of amides is 1. The van der Waals surface area contributed by atoms with E-state index >= 15 is 0 Å². The number of nitrogens with zero attached hydrogens (tertiary/aromatic N) is 1. The summed E-state index contributed by atoms with van der Waals surface area (Å²) in [5.74, 6) is 1.73. The van der Waals surface area contributed by atoms with Gasteiger partial charge in [0, 0.05) is 5.69 Å². The van der Waals surface area contributed by atoms with Gasteiger partial charge in [-0.25, -0.2) is 0 Å². The predicted molar refractivity (Wildman–Crippen MR) is 104 cm³/mol. The summed E-state index contributed by atoms with van der Waals surface area (Å²) >= 11 is 0. The Morgan fingerprint density at radius 3 is 2.48 bits per heavy atom. The van der Waals surface area contributed by atoms with Gasteiger partial charge in [0.25, 0.3) is 0 Å². The molecule has 25 heavy (non-hydrogen) atoms. The van der Waals surface area contributed by atoms with Gasteiger partial charge in [0.15, 0.2) is 0 Å². The molecule has 2 rings (SSSR count). The molecule has 140 valence electrons. The molecule has 1 amide bonds. The molecule has 0 radical (unpaired) electrons. The Kier molecular flexibility index (Phi) is 8.81. The van der Waals surface area contributed by atoms with Gasteiger partial charge in [0.2, 0.25) is 5.91 Å². The summed E-state index contributed by atoms with van der Waals surface area (Å²) in [6.07, 6.45) is 8.59. The van der Waals surface area contributed by atoms with E-state index in [1.54, 1.807) is 0 Å². The van der Waals surface area contributed by atoms with Crippen LogP contribution in [0.25, 0.3) is 0 Å². The second kappa shape index (κ2) is 11.1. The minimum absolute atomic E-state index is 0.0687. The third kappa shape index (κ3) is 7.91. The van der Waals surface area contributed by atoms with E-state index in [9.17, 15) is 4.79 Å². The Morgan fingerprint density at radius 2 is 1.80 bits per heavy atom. The molecule has 1 N–H and O–H groups in total. The summed E-state index contributed by atoms with van der Waals surface area (Å²) < 4.78 is 5.76. The quantitative estimate of drug-likeness (QED) is 0.624. The van der Waals surface area contributed by atoms with Crippen LogP contribution >= 0.6 is 0 Å². The Labute approximate surface area is 152 Å². The zero-order valence-electron chi connectivity index (χ0n) is 15.9. The lowest BCUT2D eigenvalue weighted by Gasteiger charge is -2.29. The molecule has 0 bridgehead atoms. The largest absolute Gasteiger partial charge is 0.494 e. The molecule has 1 saturated heterocycles. The van der Waals surface area contributed by atoms with Crippen LogP contribution in [0.5, 0.6) is 5.75 Å². The monoisotopic (exact) mass is 346 g/mol. The number of carbonyl (C=O) groups is 1. The second-order valence-electron chi connectivity index (χ2n) is 7.29. The van der Waals surface area contributed by atoms with Crippen molar-refractivity contribution in [2.45, 2.75) is 58.8 Å². The SMILES string of the molecule is CCCCCCCOc1ccc(NC(=O)CN2CCC(C)CC2)cc1. The summed E-state index contributed by atoms with van der Waals surface area (Å²) in [7, 11) is 0. The van der Waals surface area contributed by atoms with E-state index in [2.05, 4.69) is 24.1 Å². The molecule has 0 aliphatic carbocycles. The van der Waals surface area contributed by atoms with Gasteiger partial charge < -0.3 is 10.1 Å². The van der Waals surface area contributed by atoms with Gasteiger partial charge in [0.1, 0.15) is 5.75 Å². The number of unbranched alkanes of at least 4 members (excludes halogenated alkanes) is 4. The van der Waals surface area contributed by atoms with E-state index in [1.807, 2.05) is 24.3 Å². The second-order valence-corrected chi connectivity index (χ2v) is 7.29. The van der Waals surface area contributed by atoms with Crippen LogP contribution in [0, 0.1) is 5.92 Å². The van der Waals surface area contributed by atoms with Crippen molar-refractivity contribution >= 4 is 11.6 Å². The minimum Gasteiger partial charge on any atom is -0.494 e. The van der Waals surface area contributed by atoms with Gasteiger partial charge in [0.05, 0.1) is 13.2 Å². The number of benzene rings is 1. The summed E-state index contributed by atoms with van der Waals surface area (Å²) in [4.78, 5) is 14.4. The Morgan fingerprint density at radius 1 is 1.12 bits per heavy atom. The van der Waals surface area contributed by atoms with E-state index < -0.39 is 0 Å². The fourth-order valence-corrected chi connectivity index (χ4v) is 3.15. The summed E-state index contributed by atoms with van der Waals surface area (Å²) in [5, 5.41) is 2.98. The van der Waals surface area contributed by atoms with Crippen LogP contribution in [-0.4, -0.2) is 37.0 Å². The highest BCUT2D eigenvalue weighted by Gasteiger charge is 2.17. The molecule has 4 nitrogen and oxygen atoms in total. The van der Waals surface area contributed by atoms with Crippen molar-refractivity contribution in [2.24, 2.45) is 5.92 Å². The molecule has 1 aromatic rings. The number of nitrogens with one attached hydrogen (secondary N) is 1. The van der Waals surface area contributed by atoms with Crippen LogP contribution < -0.4 is 10.1 Å². The van der Waals surface area contributed by atoms with E-state index in [1.165, 1.54) is 38.5 Å². The first kappa shape index (κ1) is 19.8. The van der Waals surface area contributed by atoms with Gasteiger partial charge in [-0.1, -0.05) is 39.5 Å². The highest BCUT2D eigenvalue weighted by molar-refractivity contribution is 5.92. The molecular formula is C21H34N2O2. The molecular weight excluding hydrogens is 312 g/mol. The van der Waals surface area contributed by atoms with Crippen LogP contribution in [0.3, 0.4) is 0 Å². The molecule has 0 atom stereocenters. The number of anilines is 1. The number of hydrogen-bond donors (Lipinski definition) is 1. The van der Waals surface area contributed by atoms with E-state index in [0.717, 1.165) is 43.5 Å². The van der Waals surface area contributed by atoms with Crippen molar-refractivity contribution in [3.05, 3.63) is 24.3 Å². The average molecular weight is 347 g/mol. The van der Waals surface area contributed by atoms with E-state index in [0.29, 0.717) is 6.54 Å². The number of ether oxygens (including phenoxy) is 1. The number of likely N-dealkylation sites (tertiary alicyclic amines) is 1. The lowest BCUT2D eigenvalue weighted by Crippen LogP contribution is -2.38. The van der Waals surface area contributed by atoms with Crippen LogP contribution in [-0.2, 0) is 4.79 Å². The smallest absolute Gasteiger partial charge is 0.238 e. The van der Waals surface area contributed by atoms with Crippen molar-refractivity contribution in [1.29, 1.82) is 0 Å². The van der Waals surface area contributed by atoms with Crippen molar-refractivity contribution in [3.8, 4) is 5.75 Å². The molecule has 1 aliphatic heterocycles. The lowest BCUT2D eigenvalue weighted by molar-refractivity contribution is -0.117. The van der Waals surface area contributed by atoms with Gasteiger partial charge in [-0.05, 0) is 62.5 Å². The molecule has 0 aromatic heterocycles. The van der Waals surface area contributed by atoms with Crippen LogP contribution in [0.1, 0.15) is 58.8 Å². The third-order valence-electron chi connectivity index (χ3n) is 4.90. The minimum atomic E-state index is 0.0687. The molecule has 1 heterocycles. The van der Waals surface area contributed by atoms with Gasteiger partial charge in [-0.15, -0.1) is 0 Å². The maximum atomic E-state index is 12.2. The van der Waals surface area contributed by atoms with Gasteiger partial charge in [-0.2, -0.15) is 0 Å². The first-order chi connectivity index (χ1) is 12.2. The lowest BCUT2D eigenvalue weighted by atomic mass is 9.99. The van der Waals surface area contributed by atoms with Crippen LogP contribution in [0.2, 0.25) is 0 Å². The topological polar surface area (TPSA) is 41.6 Å². The Bertz CT molecular complexity index is 493. The number of rotatable bonds is 10. The molecule has 1 fully saturated rings. The number of piperidine rings is 1. The predicted octanol–water partition coefficient (Wildman–Crippen LogP) is 4.71. The summed E-state index contributed by atoms with van der Waals surface area (Å²) in [6, 6.07) is 7.71. The summed E-state index contributed by atoms with van der Waals surface area (Å²) in [6.45, 7) is 7.82. The van der Waals surface area contributed by atoms with Gasteiger partial charge in [-0.3, -0.25) is 9.69 Å². The molecule has 0 unspecified atom stereocenters. The normalized spacial score (nSPS) is 15.9. The average Bonchev–Trinajstić information content (AvgIpc) is 2.61. The fraction of sp³-hybridized carbons (Fsp3) is 0.667. The van der Waals surface area contributed by atoms with Crippen molar-refractivity contribution < 1.29 is 9.53 Å². The van der Waals surface area contributed by atoms with Crippen molar-refractivity contribution in [2.75, 3.05) is 31.6 Å². The van der Waals surface area contributed by atoms with Crippen LogP contribution in [0.4, 0.5) is 5.69 Å². The van der Waals surface area contributed by atoms with Gasteiger partial charge >= 0.3 is 0 Å². The standard InChI is InChI=1S/C21H34N2O2/c1-3-4-5-6-7-16-25-20-10-8-19(9-11-20)22-21(24)17-23-14-12-18(2)13-15-23/h8-11,18H,3-7,12-17H2,1-2H3,(H,22,24). The first-order valence-corrected chi connectivity index (χ1v) is 9.92. The Hall–Kier alpha value is -1.55. The Balaban J connectivity index is 1.64. The molecule has 0 spiro atoms. The molecule has 4 heteroatoms. The maximum Gasteiger partial charge on any atom is 0.238 e. The maximum absolute atomic E-state index is 12.2. The first-order valence-electron chi connectivity index (χ1n) is 9.92. The van der Waals surface area contributed by atoms with Crippen molar-refractivity contribution in [3.63, 3.8) is 0 Å². The highest BCUT2D eigenvalue weighted by atomic mass is 16.5. The molecule has 1 aromatic carbocycles. The number of hydrogen-bond acceptors (Lipinski definition) is 3. The van der Waals surface area contributed by atoms with Crippen molar-refractivity contribution in [1.82, 2.24) is 4.90 Å². The molecule has 1 aliphatic rings. The summed E-state index contributed by atoms with van der Waals surface area (Å²) in [5.41, 5.74) is 0.839. The molecule has 0 saturated carbocycles. The third-order valence-corrected chi connectivity index (χ3v) is 4.90. The van der Waals surface area contributed by atoms with E-state index in [4.69, 9.17) is 4.74 Å². The zero-order valence-corrected chi connectivity index (χ0v) is 15.9.